The van der Waals surface area contributed by atoms with E-state index in [1.54, 1.807) is 16.7 Å². The van der Waals surface area contributed by atoms with E-state index in [0.717, 1.165) is 35.6 Å². The molecule has 0 spiro atoms. The predicted octanol–water partition coefficient (Wildman–Crippen LogP) is 4.27. The van der Waals surface area contributed by atoms with Crippen molar-refractivity contribution in [1.29, 1.82) is 0 Å². The lowest BCUT2D eigenvalue weighted by Crippen LogP contribution is -2.17. The number of sulfone groups is 1. The van der Waals surface area contributed by atoms with Crippen LogP contribution in [-0.2, 0) is 27.6 Å². The van der Waals surface area contributed by atoms with Crippen LogP contribution in [0.1, 0.15) is 42.0 Å². The molecule has 0 saturated carbocycles. The third kappa shape index (κ3) is 3.71. The lowest BCUT2D eigenvalue weighted by atomic mass is 9.84. The second kappa shape index (κ2) is 7.50. The van der Waals surface area contributed by atoms with E-state index in [1.807, 2.05) is 0 Å². The molecule has 158 valence electrons. The molecule has 30 heavy (non-hydrogen) atoms. The Morgan fingerprint density at radius 1 is 1.20 bits per heavy atom. The van der Waals surface area contributed by atoms with Crippen molar-refractivity contribution in [2.45, 2.75) is 43.0 Å². The maximum Gasteiger partial charge on any atom is 0.304 e. The van der Waals surface area contributed by atoms with Gasteiger partial charge < -0.3 is 9.67 Å². The van der Waals surface area contributed by atoms with Crippen molar-refractivity contribution >= 4 is 26.7 Å². The molecule has 4 rings (SSSR count). The number of hydrogen-bond donors (Lipinski definition) is 1. The second-order valence-electron chi connectivity index (χ2n) is 7.84. The van der Waals surface area contributed by atoms with Crippen LogP contribution in [-0.4, -0.2) is 30.3 Å². The Morgan fingerprint density at radius 3 is 2.53 bits per heavy atom. The lowest BCUT2D eigenvalue weighted by molar-refractivity contribution is -0.137. The predicted molar refractivity (Wildman–Crippen MR) is 108 cm³/mol. The van der Waals surface area contributed by atoms with Gasteiger partial charge in [-0.15, -0.1) is 0 Å². The molecule has 0 saturated heterocycles. The molecule has 8 heteroatoms. The van der Waals surface area contributed by atoms with E-state index in [1.165, 1.54) is 18.2 Å². The molecule has 0 unspecified atom stereocenters. The van der Waals surface area contributed by atoms with Gasteiger partial charge in [0, 0.05) is 35.9 Å². The van der Waals surface area contributed by atoms with Crippen LogP contribution in [0.4, 0.5) is 8.78 Å². The number of aliphatic carboxylic acids is 1. The summed E-state index contributed by atoms with van der Waals surface area (Å²) < 4.78 is 54.0. The number of hydrogen-bond acceptors (Lipinski definition) is 3. The molecule has 5 nitrogen and oxygen atoms in total. The van der Waals surface area contributed by atoms with Gasteiger partial charge in [0.15, 0.2) is 9.84 Å². The number of halogens is 2. The molecule has 1 aliphatic rings. The van der Waals surface area contributed by atoms with E-state index in [4.69, 9.17) is 0 Å². The highest BCUT2D eigenvalue weighted by atomic mass is 32.2. The highest BCUT2D eigenvalue weighted by molar-refractivity contribution is 7.90. The fourth-order valence-electron chi connectivity index (χ4n) is 4.48. The summed E-state index contributed by atoms with van der Waals surface area (Å²) in [6.45, 7) is 0.231. The minimum atomic E-state index is -3.34. The number of fused-ring (bicyclic) bond motifs is 3. The molecule has 0 aliphatic heterocycles. The fraction of sp³-hybridized carbons (Fsp3) is 0.318. The topological polar surface area (TPSA) is 76.4 Å². The van der Waals surface area contributed by atoms with E-state index < -0.39 is 27.4 Å². The number of rotatable bonds is 5. The highest BCUT2D eigenvalue weighted by Crippen LogP contribution is 2.41. The van der Waals surface area contributed by atoms with Crippen molar-refractivity contribution in [2.24, 2.45) is 0 Å². The third-order valence-electron chi connectivity index (χ3n) is 5.70. The number of aryl methyl sites for hydroxylation is 1. The van der Waals surface area contributed by atoms with Gasteiger partial charge in [-0.05, 0) is 48.6 Å². The SMILES string of the molecule is CS(=O)(=O)c1ccc(Cn2c3c(c4cc(F)cc(F)c42)CCC[C@H]3CC(=O)O)cc1. The van der Waals surface area contributed by atoms with E-state index in [2.05, 4.69) is 0 Å². The first kappa shape index (κ1) is 20.5. The summed E-state index contributed by atoms with van der Waals surface area (Å²) in [6, 6.07) is 8.45. The molecule has 1 aromatic heterocycles. The molecule has 2 aromatic carbocycles. The summed E-state index contributed by atoms with van der Waals surface area (Å²) in [5, 5.41) is 9.83. The van der Waals surface area contributed by atoms with Gasteiger partial charge in [0.05, 0.1) is 16.8 Å². The van der Waals surface area contributed by atoms with E-state index >= 15 is 0 Å². The minimum Gasteiger partial charge on any atom is -0.481 e. The molecule has 1 heterocycles. The Labute approximate surface area is 172 Å². The molecule has 3 aromatic rings. The maximum atomic E-state index is 14.9. The highest BCUT2D eigenvalue weighted by Gasteiger charge is 2.30. The van der Waals surface area contributed by atoms with Crippen LogP contribution in [0.2, 0.25) is 0 Å². The van der Waals surface area contributed by atoms with Crippen molar-refractivity contribution in [3.63, 3.8) is 0 Å². The first-order chi connectivity index (χ1) is 14.1. The average Bonchev–Trinajstić information content (AvgIpc) is 2.96. The van der Waals surface area contributed by atoms with Crippen LogP contribution >= 0.6 is 0 Å². The molecule has 1 aliphatic carbocycles. The number of nitrogens with zero attached hydrogens (tertiary/aromatic N) is 1. The van der Waals surface area contributed by atoms with E-state index in [-0.39, 0.29) is 29.3 Å². The number of carboxylic acids is 1. The van der Waals surface area contributed by atoms with Crippen molar-refractivity contribution < 1.29 is 27.1 Å². The maximum absolute atomic E-state index is 14.9. The molecule has 1 N–H and O–H groups in total. The first-order valence-electron chi connectivity index (χ1n) is 9.66. The zero-order valence-corrected chi connectivity index (χ0v) is 17.2. The normalized spacial score (nSPS) is 16.6. The first-order valence-corrected chi connectivity index (χ1v) is 11.5. The molecule has 0 amide bonds. The smallest absolute Gasteiger partial charge is 0.304 e. The summed E-state index contributed by atoms with van der Waals surface area (Å²) in [5.41, 5.74) is 2.53. The Kier molecular flexibility index (Phi) is 5.13. The fourth-order valence-corrected chi connectivity index (χ4v) is 5.11. The summed E-state index contributed by atoms with van der Waals surface area (Å²) in [6.07, 6.45) is 3.08. The van der Waals surface area contributed by atoms with Crippen molar-refractivity contribution in [1.82, 2.24) is 4.57 Å². The summed E-state index contributed by atoms with van der Waals surface area (Å²) >= 11 is 0. The van der Waals surface area contributed by atoms with Crippen LogP contribution in [0, 0.1) is 11.6 Å². The molecule has 0 radical (unpaired) electrons. The largest absolute Gasteiger partial charge is 0.481 e. The second-order valence-corrected chi connectivity index (χ2v) is 9.85. The molecular weight excluding hydrogens is 412 g/mol. The van der Waals surface area contributed by atoms with Crippen molar-refractivity contribution in [3.05, 3.63) is 64.9 Å². The van der Waals surface area contributed by atoms with Gasteiger partial charge in [0.1, 0.15) is 11.6 Å². The third-order valence-corrected chi connectivity index (χ3v) is 6.83. The number of benzene rings is 2. The van der Waals surface area contributed by atoms with Crippen LogP contribution in [0.3, 0.4) is 0 Å². The van der Waals surface area contributed by atoms with Gasteiger partial charge in [-0.2, -0.15) is 0 Å². The number of carboxylic acid groups (broad SMARTS) is 1. The summed E-state index contributed by atoms with van der Waals surface area (Å²) in [7, 11) is -3.34. The standard InChI is InChI=1S/C22H21F2NO4S/c1-30(28,29)16-7-5-13(6-8-16)12-25-21-14(9-20(26)27)3-2-4-17(21)18-10-15(23)11-19(24)22(18)25/h5-8,10-11,14H,2-4,9,12H2,1H3,(H,26,27)/t14-/m0/s1. The van der Waals surface area contributed by atoms with Crippen LogP contribution in [0.25, 0.3) is 10.9 Å². The van der Waals surface area contributed by atoms with Gasteiger partial charge in [-0.25, -0.2) is 17.2 Å². The van der Waals surface area contributed by atoms with Gasteiger partial charge in [-0.3, -0.25) is 4.79 Å². The number of aromatic nitrogens is 1. The van der Waals surface area contributed by atoms with E-state index in [9.17, 15) is 27.1 Å². The van der Waals surface area contributed by atoms with Crippen LogP contribution < -0.4 is 0 Å². The van der Waals surface area contributed by atoms with Gasteiger partial charge >= 0.3 is 5.97 Å². The zero-order chi connectivity index (χ0) is 21.6. The van der Waals surface area contributed by atoms with Crippen molar-refractivity contribution in [2.75, 3.05) is 6.26 Å². The van der Waals surface area contributed by atoms with Crippen molar-refractivity contribution in [3.8, 4) is 0 Å². The van der Waals surface area contributed by atoms with Gasteiger partial charge in [0.2, 0.25) is 0 Å². The van der Waals surface area contributed by atoms with E-state index in [0.29, 0.717) is 18.2 Å². The quantitative estimate of drug-likeness (QED) is 0.652. The van der Waals surface area contributed by atoms with Gasteiger partial charge in [-0.1, -0.05) is 12.1 Å². The minimum absolute atomic E-state index is 0.0829. The lowest BCUT2D eigenvalue weighted by Gasteiger charge is -2.24. The molecule has 1 atom stereocenters. The number of carbonyl (C=O) groups is 1. The zero-order valence-electron chi connectivity index (χ0n) is 16.4. The molecule has 0 bridgehead atoms. The molecular formula is C22H21F2NO4S. The summed E-state index contributed by atoms with van der Waals surface area (Å²) in [4.78, 5) is 11.6. The average molecular weight is 433 g/mol. The van der Waals surface area contributed by atoms with Crippen LogP contribution in [0.5, 0.6) is 0 Å². The van der Waals surface area contributed by atoms with Crippen LogP contribution in [0.15, 0.2) is 41.3 Å². The molecule has 0 fully saturated rings. The Hall–Kier alpha value is -2.74. The van der Waals surface area contributed by atoms with Gasteiger partial charge in [0.25, 0.3) is 0 Å². The Bertz CT molecular complexity index is 1250. The summed E-state index contributed by atoms with van der Waals surface area (Å²) in [5.74, 6) is -2.59. The Balaban J connectivity index is 1.88. The monoisotopic (exact) mass is 433 g/mol. The Morgan fingerprint density at radius 2 is 1.90 bits per heavy atom.